The van der Waals surface area contributed by atoms with Crippen LogP contribution in [0.1, 0.15) is 33.3 Å². The van der Waals surface area contributed by atoms with Crippen molar-refractivity contribution in [3.05, 3.63) is 48.2 Å². The molecule has 4 nitrogen and oxygen atoms in total. The predicted octanol–water partition coefficient (Wildman–Crippen LogP) is 3.68. The lowest BCUT2D eigenvalue weighted by Gasteiger charge is -2.32. The summed E-state index contributed by atoms with van der Waals surface area (Å²) in [5.74, 6) is 1.48. The summed E-state index contributed by atoms with van der Waals surface area (Å²) < 4.78 is 17.7. The summed E-state index contributed by atoms with van der Waals surface area (Å²) >= 11 is 1.70. The van der Waals surface area contributed by atoms with Crippen LogP contribution in [0.2, 0.25) is 0 Å². The normalized spacial score (nSPS) is 18.4. The minimum absolute atomic E-state index is 0.366. The quantitative estimate of drug-likeness (QED) is 0.603. The van der Waals surface area contributed by atoms with Crippen LogP contribution < -0.4 is 10.2 Å². The molecule has 0 bridgehead atoms. The smallest absolute Gasteiger partial charge is 0.480 e. The Morgan fingerprint density at radius 1 is 1.08 bits per heavy atom. The second kappa shape index (κ2) is 7.02. The van der Waals surface area contributed by atoms with Crippen LogP contribution >= 0.6 is 11.8 Å². The van der Waals surface area contributed by atoms with Gasteiger partial charge in [-0.1, -0.05) is 30.3 Å². The Morgan fingerprint density at radius 3 is 2.32 bits per heavy atom. The van der Waals surface area contributed by atoms with Crippen molar-refractivity contribution in [2.75, 3.05) is 7.11 Å². The third kappa shape index (κ3) is 3.86. The molecule has 1 aliphatic rings. The SMILES string of the molecule is COc1ncc(B2OC(C)(C)C(C)(C)O2)cc1SCc1ccccc1. The maximum Gasteiger partial charge on any atom is 0.496 e. The van der Waals surface area contributed by atoms with Crippen molar-refractivity contribution in [1.82, 2.24) is 4.98 Å². The number of hydrogen-bond acceptors (Lipinski definition) is 5. The van der Waals surface area contributed by atoms with Crippen LogP contribution in [0.15, 0.2) is 47.5 Å². The largest absolute Gasteiger partial charge is 0.496 e. The van der Waals surface area contributed by atoms with Crippen molar-refractivity contribution in [2.45, 2.75) is 49.5 Å². The van der Waals surface area contributed by atoms with Gasteiger partial charge >= 0.3 is 7.12 Å². The molecule has 6 heteroatoms. The molecule has 3 rings (SSSR count). The van der Waals surface area contributed by atoms with Crippen LogP contribution in [0.3, 0.4) is 0 Å². The number of ether oxygens (including phenoxy) is 1. The second-order valence-corrected chi connectivity index (χ2v) is 8.16. The van der Waals surface area contributed by atoms with E-state index in [1.165, 1.54) is 5.56 Å². The van der Waals surface area contributed by atoms with Crippen LogP contribution in [0.25, 0.3) is 0 Å². The predicted molar refractivity (Wildman–Crippen MR) is 103 cm³/mol. The van der Waals surface area contributed by atoms with E-state index >= 15 is 0 Å². The molecule has 2 heterocycles. The van der Waals surface area contributed by atoms with Gasteiger partial charge in [0.2, 0.25) is 5.88 Å². The number of thioether (sulfide) groups is 1. The first kappa shape index (κ1) is 18.3. The number of aromatic nitrogens is 1. The number of rotatable bonds is 5. The van der Waals surface area contributed by atoms with Crippen molar-refractivity contribution in [3.8, 4) is 5.88 Å². The molecule has 1 aromatic carbocycles. The van der Waals surface area contributed by atoms with E-state index in [4.69, 9.17) is 14.0 Å². The van der Waals surface area contributed by atoms with Crippen molar-refractivity contribution < 1.29 is 14.0 Å². The van der Waals surface area contributed by atoms with E-state index in [2.05, 4.69) is 50.9 Å². The van der Waals surface area contributed by atoms with Gasteiger partial charge < -0.3 is 14.0 Å². The summed E-state index contributed by atoms with van der Waals surface area (Å²) in [6, 6.07) is 12.4. The Hall–Kier alpha value is -1.50. The highest BCUT2D eigenvalue weighted by Crippen LogP contribution is 2.37. The van der Waals surface area contributed by atoms with Gasteiger partial charge in [-0.2, -0.15) is 0 Å². The van der Waals surface area contributed by atoms with E-state index in [0.29, 0.717) is 5.88 Å². The molecule has 0 saturated carbocycles. The Bertz CT molecular complexity index is 721. The number of benzene rings is 1. The molecule has 0 radical (unpaired) electrons. The zero-order valence-electron chi connectivity index (χ0n) is 15.4. The highest BCUT2D eigenvalue weighted by molar-refractivity contribution is 7.98. The van der Waals surface area contributed by atoms with Gasteiger partial charge in [0.1, 0.15) is 0 Å². The zero-order chi connectivity index (χ0) is 18.1. The molecule has 1 fully saturated rings. The van der Waals surface area contributed by atoms with Crippen LogP contribution in [0.5, 0.6) is 5.88 Å². The molecule has 25 heavy (non-hydrogen) atoms. The molecule has 0 spiro atoms. The Balaban J connectivity index is 1.81. The lowest BCUT2D eigenvalue weighted by molar-refractivity contribution is 0.00578. The molecule has 1 saturated heterocycles. The van der Waals surface area contributed by atoms with Gasteiger partial charge in [-0.25, -0.2) is 4.98 Å². The first-order chi connectivity index (χ1) is 11.8. The summed E-state index contributed by atoms with van der Waals surface area (Å²) in [5.41, 5.74) is 1.44. The van der Waals surface area contributed by atoms with E-state index < -0.39 is 7.12 Å². The molecule has 0 N–H and O–H groups in total. The van der Waals surface area contributed by atoms with Crippen LogP contribution in [-0.4, -0.2) is 30.4 Å². The Labute approximate surface area is 154 Å². The summed E-state index contributed by atoms with van der Waals surface area (Å²) in [5, 5.41) is 0. The molecular weight excluding hydrogens is 333 g/mol. The maximum absolute atomic E-state index is 6.13. The van der Waals surface area contributed by atoms with Gasteiger partial charge in [0.05, 0.1) is 23.2 Å². The van der Waals surface area contributed by atoms with E-state index in [9.17, 15) is 0 Å². The lowest BCUT2D eigenvalue weighted by Crippen LogP contribution is -2.41. The number of nitrogens with zero attached hydrogens (tertiary/aromatic N) is 1. The fraction of sp³-hybridized carbons (Fsp3) is 0.421. The van der Waals surface area contributed by atoms with Crippen LogP contribution in [0.4, 0.5) is 0 Å². The van der Waals surface area contributed by atoms with Crippen molar-refractivity contribution in [1.29, 1.82) is 0 Å². The fourth-order valence-electron chi connectivity index (χ4n) is 2.55. The molecule has 2 aromatic rings. The third-order valence-electron chi connectivity index (χ3n) is 4.80. The van der Waals surface area contributed by atoms with Crippen LogP contribution in [0, 0.1) is 0 Å². The van der Waals surface area contributed by atoms with Crippen LogP contribution in [-0.2, 0) is 15.1 Å². The average Bonchev–Trinajstić information content (AvgIpc) is 2.81. The first-order valence-corrected chi connectivity index (χ1v) is 9.37. The standard InChI is InChI=1S/C19H24BNO3S/c1-18(2)19(3,4)24-20(23-18)15-11-16(17(22-5)21-12-15)25-13-14-9-7-6-8-10-14/h6-12H,13H2,1-5H3. The van der Waals surface area contributed by atoms with E-state index in [1.807, 2.05) is 18.2 Å². The minimum Gasteiger partial charge on any atom is -0.480 e. The number of pyridine rings is 1. The van der Waals surface area contributed by atoms with Gasteiger partial charge in [0, 0.05) is 17.4 Å². The molecule has 0 atom stereocenters. The van der Waals surface area contributed by atoms with Crippen molar-refractivity contribution in [3.63, 3.8) is 0 Å². The maximum atomic E-state index is 6.13. The lowest BCUT2D eigenvalue weighted by atomic mass is 9.80. The van der Waals surface area contributed by atoms with Gasteiger partial charge in [-0.05, 0) is 39.3 Å². The summed E-state index contributed by atoms with van der Waals surface area (Å²) in [7, 11) is 1.23. The zero-order valence-corrected chi connectivity index (χ0v) is 16.2. The summed E-state index contributed by atoms with van der Waals surface area (Å²) in [6.07, 6.45) is 1.77. The average molecular weight is 357 g/mol. The Morgan fingerprint density at radius 2 is 1.72 bits per heavy atom. The number of hydrogen-bond donors (Lipinski definition) is 0. The van der Waals surface area contributed by atoms with E-state index in [-0.39, 0.29) is 11.2 Å². The van der Waals surface area contributed by atoms with Crippen molar-refractivity contribution >= 4 is 24.3 Å². The molecule has 0 aliphatic carbocycles. The highest BCUT2D eigenvalue weighted by Gasteiger charge is 2.51. The van der Waals surface area contributed by atoms with Gasteiger partial charge in [-0.15, -0.1) is 11.8 Å². The summed E-state index contributed by atoms with van der Waals surface area (Å²) in [6.45, 7) is 8.20. The molecular formula is C19H24BNO3S. The second-order valence-electron chi connectivity index (χ2n) is 7.14. The number of methoxy groups -OCH3 is 1. The molecule has 0 unspecified atom stereocenters. The minimum atomic E-state index is -0.417. The Kier molecular flexibility index (Phi) is 5.14. The molecule has 0 amide bonds. The van der Waals surface area contributed by atoms with Crippen molar-refractivity contribution in [2.24, 2.45) is 0 Å². The van der Waals surface area contributed by atoms with E-state index in [0.717, 1.165) is 16.1 Å². The van der Waals surface area contributed by atoms with Gasteiger partial charge in [-0.3, -0.25) is 0 Å². The first-order valence-electron chi connectivity index (χ1n) is 8.39. The highest BCUT2D eigenvalue weighted by atomic mass is 32.2. The monoisotopic (exact) mass is 357 g/mol. The van der Waals surface area contributed by atoms with Gasteiger partial charge in [0.15, 0.2) is 0 Å². The molecule has 1 aliphatic heterocycles. The van der Waals surface area contributed by atoms with E-state index in [1.54, 1.807) is 25.1 Å². The fourth-order valence-corrected chi connectivity index (χ4v) is 3.54. The third-order valence-corrected chi connectivity index (χ3v) is 5.88. The van der Waals surface area contributed by atoms with Gasteiger partial charge in [0.25, 0.3) is 0 Å². The molecule has 132 valence electrons. The summed E-state index contributed by atoms with van der Waals surface area (Å²) in [4.78, 5) is 5.43. The molecule has 1 aromatic heterocycles. The topological polar surface area (TPSA) is 40.6 Å².